The van der Waals surface area contributed by atoms with Crippen LogP contribution in [0.5, 0.6) is 0 Å². The first-order valence-electron chi connectivity index (χ1n) is 9.13. The van der Waals surface area contributed by atoms with E-state index in [1.54, 1.807) is 0 Å². The van der Waals surface area contributed by atoms with Crippen molar-refractivity contribution in [1.82, 2.24) is 4.90 Å². The van der Waals surface area contributed by atoms with E-state index in [4.69, 9.17) is 5.73 Å². The van der Waals surface area contributed by atoms with Crippen LogP contribution in [0, 0.1) is 5.92 Å². The van der Waals surface area contributed by atoms with Gasteiger partial charge in [-0.1, -0.05) is 25.1 Å². The number of hydrogen-bond donors (Lipinski definition) is 2. The summed E-state index contributed by atoms with van der Waals surface area (Å²) in [5.41, 5.74) is 8.40. The molecular formula is C20H29IN4S. The average Bonchev–Trinajstić information content (AvgIpc) is 3.13. The minimum absolute atomic E-state index is 0. The molecule has 26 heavy (non-hydrogen) atoms. The molecule has 0 amide bonds. The lowest BCUT2D eigenvalue weighted by atomic mass is 9.98. The Morgan fingerprint density at radius 2 is 2.23 bits per heavy atom. The summed E-state index contributed by atoms with van der Waals surface area (Å²) in [6, 6.07) is 12.7. The second-order valence-electron chi connectivity index (χ2n) is 6.73. The Balaban J connectivity index is 0.00000243. The van der Waals surface area contributed by atoms with E-state index in [1.165, 1.54) is 29.8 Å². The van der Waals surface area contributed by atoms with Gasteiger partial charge in [-0.05, 0) is 60.9 Å². The van der Waals surface area contributed by atoms with Gasteiger partial charge in [0, 0.05) is 30.2 Å². The topological polar surface area (TPSA) is 53.6 Å². The number of nitrogens with one attached hydrogen (secondary N) is 1. The van der Waals surface area contributed by atoms with Gasteiger partial charge in [-0.3, -0.25) is 9.89 Å². The maximum atomic E-state index is 6.09. The van der Waals surface area contributed by atoms with Crippen LogP contribution in [0.4, 0.5) is 5.69 Å². The lowest BCUT2D eigenvalue weighted by Gasteiger charge is -2.31. The SMILES string of the molecule is CCc1cccc(NC(N)=NCC2CCCN(Cc3cccs3)C2)c1.I. The summed E-state index contributed by atoms with van der Waals surface area (Å²) in [4.78, 5) is 8.58. The third kappa shape index (κ3) is 6.55. The fourth-order valence-electron chi connectivity index (χ4n) is 3.35. The van der Waals surface area contributed by atoms with Gasteiger partial charge in [0.2, 0.25) is 0 Å². The molecule has 1 atom stereocenters. The van der Waals surface area contributed by atoms with Gasteiger partial charge < -0.3 is 11.1 Å². The van der Waals surface area contributed by atoms with Gasteiger partial charge in [-0.15, -0.1) is 35.3 Å². The van der Waals surface area contributed by atoms with Crippen LogP contribution in [0.2, 0.25) is 0 Å². The Labute approximate surface area is 177 Å². The minimum atomic E-state index is 0. The number of benzene rings is 1. The summed E-state index contributed by atoms with van der Waals surface area (Å²) < 4.78 is 0. The van der Waals surface area contributed by atoms with Crippen LogP contribution in [0.1, 0.15) is 30.2 Å². The van der Waals surface area contributed by atoms with Crippen molar-refractivity contribution < 1.29 is 0 Å². The molecule has 142 valence electrons. The molecule has 0 radical (unpaired) electrons. The van der Waals surface area contributed by atoms with Gasteiger partial charge in [-0.2, -0.15) is 0 Å². The predicted octanol–water partition coefficient (Wildman–Crippen LogP) is 4.57. The van der Waals surface area contributed by atoms with Gasteiger partial charge in [0.25, 0.3) is 0 Å². The molecule has 1 aromatic carbocycles. The molecule has 0 saturated carbocycles. The van der Waals surface area contributed by atoms with Crippen molar-refractivity contribution in [2.75, 3.05) is 25.0 Å². The number of thiophene rings is 1. The maximum Gasteiger partial charge on any atom is 0.193 e. The number of piperidine rings is 1. The lowest BCUT2D eigenvalue weighted by Crippen LogP contribution is -2.36. The summed E-state index contributed by atoms with van der Waals surface area (Å²) in [6.07, 6.45) is 3.51. The van der Waals surface area contributed by atoms with Gasteiger partial charge in [-0.25, -0.2) is 0 Å². The molecule has 0 aliphatic carbocycles. The molecule has 3 rings (SSSR count). The molecular weight excluding hydrogens is 455 g/mol. The van der Waals surface area contributed by atoms with Crippen molar-refractivity contribution in [1.29, 1.82) is 0 Å². The average molecular weight is 484 g/mol. The number of hydrogen-bond acceptors (Lipinski definition) is 3. The molecule has 1 aliphatic rings. The standard InChI is InChI=1S/C20H28N4S.HI/c1-2-16-6-3-8-18(12-16)23-20(21)22-13-17-7-4-10-24(14-17)15-19-9-5-11-25-19;/h3,5-6,8-9,11-12,17H,2,4,7,10,13-15H2,1H3,(H3,21,22,23);1H. The van der Waals surface area contributed by atoms with E-state index in [0.717, 1.165) is 31.7 Å². The fourth-order valence-corrected chi connectivity index (χ4v) is 4.10. The normalized spacial score (nSPS) is 18.3. The number of rotatable bonds is 6. The summed E-state index contributed by atoms with van der Waals surface area (Å²) in [6.45, 7) is 6.32. The zero-order valence-corrected chi connectivity index (χ0v) is 18.5. The summed E-state index contributed by atoms with van der Waals surface area (Å²) in [5.74, 6) is 1.11. The van der Waals surface area contributed by atoms with Gasteiger partial charge in [0.1, 0.15) is 0 Å². The van der Waals surface area contributed by atoms with E-state index in [-0.39, 0.29) is 24.0 Å². The molecule has 3 N–H and O–H groups in total. The molecule has 0 spiro atoms. The molecule has 2 heterocycles. The second-order valence-corrected chi connectivity index (χ2v) is 7.76. The van der Waals surface area contributed by atoms with Crippen LogP contribution in [-0.4, -0.2) is 30.5 Å². The Morgan fingerprint density at radius 3 is 3.00 bits per heavy atom. The van der Waals surface area contributed by atoms with Crippen molar-refractivity contribution in [2.24, 2.45) is 16.6 Å². The van der Waals surface area contributed by atoms with Crippen molar-refractivity contribution >= 4 is 47.0 Å². The van der Waals surface area contributed by atoms with Crippen LogP contribution in [0.15, 0.2) is 46.8 Å². The zero-order valence-electron chi connectivity index (χ0n) is 15.4. The van der Waals surface area contributed by atoms with E-state index in [9.17, 15) is 0 Å². The number of anilines is 1. The van der Waals surface area contributed by atoms with Crippen molar-refractivity contribution in [3.05, 3.63) is 52.2 Å². The molecule has 0 bridgehead atoms. The first kappa shape index (κ1) is 21.2. The van der Waals surface area contributed by atoms with Crippen LogP contribution in [0.25, 0.3) is 0 Å². The quantitative estimate of drug-likeness (QED) is 0.359. The van der Waals surface area contributed by atoms with Crippen molar-refractivity contribution in [3.8, 4) is 0 Å². The molecule has 1 saturated heterocycles. The molecule has 1 fully saturated rings. The van der Waals surface area contributed by atoms with Crippen molar-refractivity contribution in [3.63, 3.8) is 0 Å². The number of guanidine groups is 1. The molecule has 1 aromatic heterocycles. The molecule has 4 nitrogen and oxygen atoms in total. The molecule has 1 unspecified atom stereocenters. The highest BCUT2D eigenvalue weighted by Gasteiger charge is 2.20. The van der Waals surface area contributed by atoms with Crippen LogP contribution in [-0.2, 0) is 13.0 Å². The highest BCUT2D eigenvalue weighted by molar-refractivity contribution is 14.0. The highest BCUT2D eigenvalue weighted by atomic mass is 127. The summed E-state index contributed by atoms with van der Waals surface area (Å²) in [7, 11) is 0. The first-order chi connectivity index (χ1) is 12.2. The second kappa shape index (κ2) is 10.9. The number of aryl methyl sites for hydroxylation is 1. The first-order valence-corrected chi connectivity index (χ1v) is 10.0. The lowest BCUT2D eigenvalue weighted by molar-refractivity contribution is 0.172. The van der Waals surface area contributed by atoms with E-state index < -0.39 is 0 Å². The van der Waals surface area contributed by atoms with E-state index in [1.807, 2.05) is 17.4 Å². The molecule has 2 aromatic rings. The molecule has 1 aliphatic heterocycles. The fraction of sp³-hybridized carbons (Fsp3) is 0.450. The van der Waals surface area contributed by atoms with E-state index >= 15 is 0 Å². The third-order valence-electron chi connectivity index (χ3n) is 4.69. The smallest absolute Gasteiger partial charge is 0.193 e. The monoisotopic (exact) mass is 484 g/mol. The van der Waals surface area contributed by atoms with E-state index in [2.05, 4.69) is 57.8 Å². The van der Waals surface area contributed by atoms with Crippen molar-refractivity contribution in [2.45, 2.75) is 32.7 Å². The summed E-state index contributed by atoms with van der Waals surface area (Å²) in [5, 5.41) is 5.37. The number of halogens is 1. The number of aliphatic imine (C=N–C) groups is 1. The van der Waals surface area contributed by atoms with Gasteiger partial charge in [0.05, 0.1) is 0 Å². The number of nitrogens with zero attached hydrogens (tertiary/aromatic N) is 2. The van der Waals surface area contributed by atoms with E-state index in [0.29, 0.717) is 11.9 Å². The number of likely N-dealkylation sites (tertiary alicyclic amines) is 1. The maximum absolute atomic E-state index is 6.09. The Hall–Kier alpha value is -1.12. The Bertz CT molecular complexity index is 687. The largest absolute Gasteiger partial charge is 0.370 e. The van der Waals surface area contributed by atoms with Gasteiger partial charge >= 0.3 is 0 Å². The third-order valence-corrected chi connectivity index (χ3v) is 5.55. The highest BCUT2D eigenvalue weighted by Crippen LogP contribution is 2.20. The Kier molecular flexibility index (Phi) is 8.87. The van der Waals surface area contributed by atoms with Crippen LogP contribution in [0.3, 0.4) is 0 Å². The summed E-state index contributed by atoms with van der Waals surface area (Å²) >= 11 is 1.84. The van der Waals surface area contributed by atoms with Crippen LogP contribution >= 0.6 is 35.3 Å². The molecule has 6 heteroatoms. The zero-order chi connectivity index (χ0) is 17.5. The van der Waals surface area contributed by atoms with Crippen LogP contribution < -0.4 is 11.1 Å². The Morgan fingerprint density at radius 1 is 1.35 bits per heavy atom. The predicted molar refractivity (Wildman–Crippen MR) is 124 cm³/mol. The number of nitrogens with two attached hydrogens (primary N) is 1. The minimum Gasteiger partial charge on any atom is -0.370 e. The van der Waals surface area contributed by atoms with Gasteiger partial charge in [0.15, 0.2) is 5.96 Å².